The second kappa shape index (κ2) is 5.63. The zero-order chi connectivity index (χ0) is 13.1. The van der Waals surface area contributed by atoms with Crippen LogP contribution in [-0.4, -0.2) is 34.1 Å². The van der Waals surface area contributed by atoms with E-state index in [-0.39, 0.29) is 0 Å². The third kappa shape index (κ3) is 2.59. The summed E-state index contributed by atoms with van der Waals surface area (Å²) in [6.07, 6.45) is 7.22. The Morgan fingerprint density at radius 2 is 2.37 bits per heavy atom. The number of hydrogen-bond donors (Lipinski definition) is 1. The van der Waals surface area contributed by atoms with Gasteiger partial charge in [0.1, 0.15) is 0 Å². The molecule has 0 bridgehead atoms. The van der Waals surface area contributed by atoms with Gasteiger partial charge in [0.2, 0.25) is 5.95 Å². The fraction of sp³-hybridized carbons (Fsp3) is 0.462. The largest absolute Gasteiger partial charge is 0.337 e. The van der Waals surface area contributed by atoms with Gasteiger partial charge in [-0.25, -0.2) is 9.97 Å². The van der Waals surface area contributed by atoms with Crippen LogP contribution in [0.15, 0.2) is 24.0 Å². The predicted octanol–water partition coefficient (Wildman–Crippen LogP) is 1.92. The highest BCUT2D eigenvalue weighted by Gasteiger charge is 2.23. The van der Waals surface area contributed by atoms with E-state index < -0.39 is 0 Å². The molecule has 2 aromatic heterocycles. The second-order valence-corrected chi connectivity index (χ2v) is 5.57. The molecule has 0 amide bonds. The maximum Gasteiger partial charge on any atom is 0.226 e. The van der Waals surface area contributed by atoms with Crippen LogP contribution in [0.3, 0.4) is 0 Å². The Kier molecular flexibility index (Phi) is 3.70. The SMILES string of the molecule is NCC1CCCCN1c1nccc(-c2cncs2)n1. The first-order valence-corrected chi connectivity index (χ1v) is 7.45. The van der Waals surface area contributed by atoms with Gasteiger partial charge in [-0.2, -0.15) is 0 Å². The highest BCUT2D eigenvalue weighted by atomic mass is 32.1. The summed E-state index contributed by atoms with van der Waals surface area (Å²) < 4.78 is 0. The first-order valence-electron chi connectivity index (χ1n) is 6.57. The van der Waals surface area contributed by atoms with Crippen LogP contribution in [0.2, 0.25) is 0 Å². The Hall–Kier alpha value is -1.53. The van der Waals surface area contributed by atoms with Gasteiger partial charge in [0.15, 0.2) is 0 Å². The van der Waals surface area contributed by atoms with Crippen molar-refractivity contribution in [2.45, 2.75) is 25.3 Å². The molecule has 1 fully saturated rings. The molecular weight excluding hydrogens is 258 g/mol. The lowest BCUT2D eigenvalue weighted by atomic mass is 10.0. The Balaban J connectivity index is 1.90. The van der Waals surface area contributed by atoms with Crippen molar-refractivity contribution in [2.24, 2.45) is 5.73 Å². The van der Waals surface area contributed by atoms with E-state index in [0.717, 1.165) is 29.5 Å². The number of nitrogens with two attached hydrogens (primary N) is 1. The highest BCUT2D eigenvalue weighted by Crippen LogP contribution is 2.25. The van der Waals surface area contributed by atoms with E-state index in [2.05, 4.69) is 19.9 Å². The Morgan fingerprint density at radius 1 is 1.42 bits per heavy atom. The van der Waals surface area contributed by atoms with Crippen LogP contribution in [-0.2, 0) is 0 Å². The van der Waals surface area contributed by atoms with E-state index in [0.29, 0.717) is 12.6 Å². The van der Waals surface area contributed by atoms with E-state index in [1.165, 1.54) is 12.8 Å². The third-order valence-electron chi connectivity index (χ3n) is 3.48. The van der Waals surface area contributed by atoms with E-state index in [1.54, 1.807) is 11.3 Å². The molecule has 2 N–H and O–H groups in total. The number of nitrogens with zero attached hydrogens (tertiary/aromatic N) is 4. The molecule has 2 aromatic rings. The summed E-state index contributed by atoms with van der Waals surface area (Å²) in [5, 5.41) is 0. The number of aromatic nitrogens is 3. The minimum atomic E-state index is 0.366. The monoisotopic (exact) mass is 275 g/mol. The molecule has 3 rings (SSSR count). The standard InChI is InChI=1S/C13H17N5S/c14-7-10-3-1-2-6-18(10)13-16-5-4-11(17-13)12-8-15-9-19-12/h4-5,8-10H,1-3,6-7,14H2. The zero-order valence-corrected chi connectivity index (χ0v) is 11.5. The summed E-state index contributed by atoms with van der Waals surface area (Å²) >= 11 is 1.59. The van der Waals surface area contributed by atoms with Crippen molar-refractivity contribution >= 4 is 17.3 Å². The van der Waals surface area contributed by atoms with Crippen molar-refractivity contribution in [1.29, 1.82) is 0 Å². The fourth-order valence-electron chi connectivity index (χ4n) is 2.48. The molecule has 0 saturated carbocycles. The van der Waals surface area contributed by atoms with Gasteiger partial charge < -0.3 is 10.6 Å². The van der Waals surface area contributed by atoms with Crippen LogP contribution in [0.5, 0.6) is 0 Å². The summed E-state index contributed by atoms with van der Waals surface area (Å²) in [5.74, 6) is 0.793. The molecule has 1 atom stereocenters. The molecule has 3 heterocycles. The van der Waals surface area contributed by atoms with Crippen LogP contribution in [0, 0.1) is 0 Å². The summed E-state index contributed by atoms with van der Waals surface area (Å²) in [6.45, 7) is 1.65. The molecule has 19 heavy (non-hydrogen) atoms. The Morgan fingerprint density at radius 3 is 3.16 bits per heavy atom. The smallest absolute Gasteiger partial charge is 0.226 e. The van der Waals surface area contributed by atoms with Crippen molar-refractivity contribution in [3.05, 3.63) is 24.0 Å². The lowest BCUT2D eigenvalue weighted by Gasteiger charge is -2.35. The molecule has 100 valence electrons. The van der Waals surface area contributed by atoms with Crippen molar-refractivity contribution in [3.63, 3.8) is 0 Å². The molecule has 1 aliphatic rings. The van der Waals surface area contributed by atoms with Crippen molar-refractivity contribution in [1.82, 2.24) is 15.0 Å². The minimum absolute atomic E-state index is 0.366. The van der Waals surface area contributed by atoms with E-state index in [4.69, 9.17) is 5.73 Å². The first kappa shape index (κ1) is 12.5. The van der Waals surface area contributed by atoms with Gasteiger partial charge in [-0.15, -0.1) is 11.3 Å². The first-order chi connectivity index (χ1) is 9.38. The van der Waals surface area contributed by atoms with Crippen LogP contribution in [0.1, 0.15) is 19.3 Å². The molecule has 6 heteroatoms. The topological polar surface area (TPSA) is 67.9 Å². The molecule has 0 aliphatic carbocycles. The molecule has 1 aliphatic heterocycles. The number of hydrogen-bond acceptors (Lipinski definition) is 6. The Labute approximate surface area is 116 Å². The van der Waals surface area contributed by atoms with Gasteiger partial charge in [-0.1, -0.05) is 0 Å². The number of anilines is 1. The molecule has 5 nitrogen and oxygen atoms in total. The summed E-state index contributed by atoms with van der Waals surface area (Å²) in [4.78, 5) is 16.5. The Bertz CT molecular complexity index is 528. The van der Waals surface area contributed by atoms with Crippen LogP contribution in [0.4, 0.5) is 5.95 Å². The average molecular weight is 275 g/mol. The number of thiazole rings is 1. The molecule has 0 radical (unpaired) electrons. The van der Waals surface area contributed by atoms with Crippen LogP contribution in [0.25, 0.3) is 10.6 Å². The van der Waals surface area contributed by atoms with Gasteiger partial charge >= 0.3 is 0 Å². The second-order valence-electron chi connectivity index (χ2n) is 4.69. The molecular formula is C13H17N5S. The van der Waals surface area contributed by atoms with Crippen molar-refractivity contribution in [2.75, 3.05) is 18.0 Å². The summed E-state index contributed by atoms with van der Waals surface area (Å²) in [6, 6.07) is 2.30. The van der Waals surface area contributed by atoms with E-state index >= 15 is 0 Å². The summed E-state index contributed by atoms with van der Waals surface area (Å²) in [5.41, 5.74) is 8.62. The normalized spacial score (nSPS) is 19.6. The number of rotatable bonds is 3. The van der Waals surface area contributed by atoms with E-state index in [1.807, 2.05) is 24.0 Å². The minimum Gasteiger partial charge on any atom is -0.337 e. The van der Waals surface area contributed by atoms with Crippen LogP contribution >= 0.6 is 11.3 Å². The molecule has 0 spiro atoms. The average Bonchev–Trinajstić information content (AvgIpc) is 3.01. The maximum atomic E-state index is 5.86. The maximum absolute atomic E-state index is 5.86. The molecule has 1 unspecified atom stereocenters. The van der Waals surface area contributed by atoms with Gasteiger partial charge in [-0.3, -0.25) is 4.98 Å². The van der Waals surface area contributed by atoms with Gasteiger partial charge in [0.25, 0.3) is 0 Å². The van der Waals surface area contributed by atoms with E-state index in [9.17, 15) is 0 Å². The number of piperidine rings is 1. The summed E-state index contributed by atoms with van der Waals surface area (Å²) in [7, 11) is 0. The predicted molar refractivity (Wildman–Crippen MR) is 77.2 cm³/mol. The lowest BCUT2D eigenvalue weighted by Crippen LogP contribution is -2.45. The fourth-order valence-corrected chi connectivity index (χ4v) is 3.07. The van der Waals surface area contributed by atoms with Crippen LogP contribution < -0.4 is 10.6 Å². The third-order valence-corrected chi connectivity index (χ3v) is 4.28. The quantitative estimate of drug-likeness (QED) is 0.927. The molecule has 1 saturated heterocycles. The van der Waals surface area contributed by atoms with Crippen molar-refractivity contribution in [3.8, 4) is 10.6 Å². The van der Waals surface area contributed by atoms with Crippen molar-refractivity contribution < 1.29 is 0 Å². The molecule has 0 aromatic carbocycles. The highest BCUT2D eigenvalue weighted by molar-refractivity contribution is 7.13. The lowest BCUT2D eigenvalue weighted by molar-refractivity contribution is 0.458. The van der Waals surface area contributed by atoms with Gasteiger partial charge in [0, 0.05) is 31.5 Å². The van der Waals surface area contributed by atoms with Gasteiger partial charge in [0.05, 0.1) is 16.1 Å². The zero-order valence-electron chi connectivity index (χ0n) is 10.7. The van der Waals surface area contributed by atoms with Gasteiger partial charge in [-0.05, 0) is 25.3 Å².